The van der Waals surface area contributed by atoms with Crippen LogP contribution in [0.5, 0.6) is 5.75 Å². The first-order valence-corrected chi connectivity index (χ1v) is 6.51. The van der Waals surface area contributed by atoms with Crippen LogP contribution in [0.1, 0.15) is 12.5 Å². The van der Waals surface area contributed by atoms with E-state index in [9.17, 15) is 9.59 Å². The molecule has 0 aromatic heterocycles. The molecule has 0 saturated carbocycles. The Labute approximate surface area is 118 Å². The molecule has 1 aromatic rings. The first-order chi connectivity index (χ1) is 9.56. The number of rotatable bonds is 7. The van der Waals surface area contributed by atoms with Crippen LogP contribution >= 0.6 is 0 Å². The van der Waals surface area contributed by atoms with E-state index in [1.165, 1.54) is 0 Å². The lowest BCUT2D eigenvalue weighted by molar-refractivity contribution is -0.663. The smallest absolute Gasteiger partial charge is 0.278 e. The molecule has 6 heteroatoms. The van der Waals surface area contributed by atoms with Gasteiger partial charge in [0, 0.05) is 13.6 Å². The molecule has 1 atom stereocenters. The summed E-state index contributed by atoms with van der Waals surface area (Å²) >= 11 is 0. The Morgan fingerprint density at radius 2 is 1.95 bits per heavy atom. The van der Waals surface area contributed by atoms with Gasteiger partial charge in [-0.25, -0.2) is 0 Å². The molecule has 0 radical (unpaired) electrons. The number of nitrogens with two attached hydrogens (primary N) is 1. The Hall–Kier alpha value is -2.08. The van der Waals surface area contributed by atoms with E-state index in [2.05, 4.69) is 10.6 Å². The second-order valence-electron chi connectivity index (χ2n) is 4.47. The number of carbonyl (C=O) groups is 2. The fraction of sp³-hybridized carbons (Fsp3) is 0.429. The van der Waals surface area contributed by atoms with Crippen LogP contribution in [0.25, 0.3) is 0 Å². The van der Waals surface area contributed by atoms with E-state index in [1.807, 2.05) is 24.3 Å². The molecule has 0 aliphatic heterocycles. The molecule has 0 bridgehead atoms. The Morgan fingerprint density at radius 3 is 2.50 bits per heavy atom. The largest absolute Gasteiger partial charge is 0.497 e. The van der Waals surface area contributed by atoms with Gasteiger partial charge in [0.1, 0.15) is 5.75 Å². The van der Waals surface area contributed by atoms with Gasteiger partial charge in [-0.3, -0.25) is 9.59 Å². The normalized spacial score (nSPS) is 11.6. The molecule has 2 amide bonds. The third-order valence-electron chi connectivity index (χ3n) is 2.97. The highest BCUT2D eigenvalue weighted by Crippen LogP contribution is 2.10. The van der Waals surface area contributed by atoms with E-state index in [1.54, 1.807) is 26.4 Å². The summed E-state index contributed by atoms with van der Waals surface area (Å²) in [5, 5.41) is 7.05. The highest BCUT2D eigenvalue weighted by molar-refractivity contribution is 5.80. The molecule has 110 valence electrons. The molecule has 4 N–H and O–H groups in total. The molecule has 0 saturated heterocycles. The summed E-state index contributed by atoms with van der Waals surface area (Å²) in [7, 11) is 3.19. The number of nitrogens with one attached hydrogen (secondary N) is 2. The zero-order chi connectivity index (χ0) is 15.0. The molecular weight excluding hydrogens is 258 g/mol. The van der Waals surface area contributed by atoms with Crippen molar-refractivity contribution in [2.75, 3.05) is 20.7 Å². The number of benzene rings is 1. The predicted molar refractivity (Wildman–Crippen MR) is 75.2 cm³/mol. The minimum Gasteiger partial charge on any atom is -0.497 e. The Kier molecular flexibility index (Phi) is 6.52. The number of amides is 2. The van der Waals surface area contributed by atoms with Crippen LogP contribution in [-0.4, -0.2) is 38.6 Å². The average molecular weight is 280 g/mol. The second-order valence-corrected chi connectivity index (χ2v) is 4.47. The SMILES string of the molecule is CNC(=O)C[NH2+][C@H](C)C(=O)NCc1ccc(OC)cc1. The van der Waals surface area contributed by atoms with Crippen molar-refractivity contribution in [3.8, 4) is 5.75 Å². The van der Waals surface area contributed by atoms with Gasteiger partial charge in [-0.1, -0.05) is 12.1 Å². The van der Waals surface area contributed by atoms with E-state index < -0.39 is 0 Å². The summed E-state index contributed by atoms with van der Waals surface area (Å²) in [5.41, 5.74) is 0.998. The van der Waals surface area contributed by atoms with E-state index >= 15 is 0 Å². The molecule has 0 aliphatic carbocycles. The van der Waals surface area contributed by atoms with E-state index in [-0.39, 0.29) is 24.4 Å². The molecule has 0 fully saturated rings. The summed E-state index contributed by atoms with van der Waals surface area (Å²) in [6.45, 7) is 2.47. The molecule has 20 heavy (non-hydrogen) atoms. The molecule has 1 rings (SSSR count). The van der Waals surface area contributed by atoms with Crippen molar-refractivity contribution in [1.29, 1.82) is 0 Å². The minimum atomic E-state index is -0.300. The van der Waals surface area contributed by atoms with Crippen LogP contribution < -0.4 is 20.7 Å². The van der Waals surface area contributed by atoms with Crippen molar-refractivity contribution in [2.45, 2.75) is 19.5 Å². The highest BCUT2D eigenvalue weighted by atomic mass is 16.5. The molecule has 0 heterocycles. The Bertz CT molecular complexity index is 445. The number of ether oxygens (including phenoxy) is 1. The zero-order valence-corrected chi connectivity index (χ0v) is 12.1. The molecular formula is C14H22N3O3+. The monoisotopic (exact) mass is 280 g/mol. The maximum atomic E-state index is 11.8. The van der Waals surface area contributed by atoms with E-state index in [0.717, 1.165) is 11.3 Å². The lowest BCUT2D eigenvalue weighted by Gasteiger charge is -2.11. The van der Waals surface area contributed by atoms with Gasteiger partial charge < -0.3 is 20.7 Å². The van der Waals surface area contributed by atoms with Crippen LogP contribution in [0.2, 0.25) is 0 Å². The fourth-order valence-electron chi connectivity index (χ4n) is 1.59. The van der Waals surface area contributed by atoms with Gasteiger partial charge >= 0.3 is 0 Å². The van der Waals surface area contributed by atoms with Gasteiger partial charge in [0.25, 0.3) is 11.8 Å². The van der Waals surface area contributed by atoms with Crippen LogP contribution in [-0.2, 0) is 16.1 Å². The van der Waals surface area contributed by atoms with Gasteiger partial charge in [-0.05, 0) is 24.6 Å². The van der Waals surface area contributed by atoms with Crippen molar-refractivity contribution in [2.24, 2.45) is 0 Å². The number of methoxy groups -OCH3 is 1. The quantitative estimate of drug-likeness (QED) is 0.599. The maximum Gasteiger partial charge on any atom is 0.278 e. The lowest BCUT2D eigenvalue weighted by Crippen LogP contribution is -2.93. The van der Waals surface area contributed by atoms with Crippen molar-refractivity contribution in [1.82, 2.24) is 10.6 Å². The third kappa shape index (κ3) is 5.27. The molecule has 0 unspecified atom stereocenters. The van der Waals surface area contributed by atoms with Crippen LogP contribution in [0, 0.1) is 0 Å². The number of hydrogen-bond donors (Lipinski definition) is 3. The topological polar surface area (TPSA) is 84.0 Å². The maximum absolute atomic E-state index is 11.8. The minimum absolute atomic E-state index is 0.0929. The molecule has 1 aromatic carbocycles. The zero-order valence-electron chi connectivity index (χ0n) is 12.1. The van der Waals surface area contributed by atoms with Crippen LogP contribution in [0.15, 0.2) is 24.3 Å². The Balaban J connectivity index is 2.35. The van der Waals surface area contributed by atoms with Crippen LogP contribution in [0.4, 0.5) is 0 Å². The third-order valence-corrected chi connectivity index (χ3v) is 2.97. The lowest BCUT2D eigenvalue weighted by atomic mass is 10.2. The van der Waals surface area contributed by atoms with Gasteiger partial charge in [0.05, 0.1) is 7.11 Å². The first kappa shape index (κ1) is 16.0. The number of hydrogen-bond acceptors (Lipinski definition) is 3. The molecule has 6 nitrogen and oxygen atoms in total. The average Bonchev–Trinajstić information content (AvgIpc) is 2.50. The number of quaternary nitrogens is 1. The summed E-state index contributed by atoms with van der Waals surface area (Å²) in [6.07, 6.45) is 0. The standard InChI is InChI=1S/C14H21N3O3/c1-10(16-9-13(18)15-2)14(19)17-8-11-4-6-12(20-3)7-5-11/h4-7,10,16H,8-9H2,1-3H3,(H,15,18)(H,17,19)/p+1/t10-/m1/s1. The van der Waals surface area contributed by atoms with Gasteiger partial charge in [-0.2, -0.15) is 0 Å². The van der Waals surface area contributed by atoms with Crippen molar-refractivity contribution in [3.63, 3.8) is 0 Å². The van der Waals surface area contributed by atoms with E-state index in [4.69, 9.17) is 4.74 Å². The van der Waals surface area contributed by atoms with Gasteiger partial charge in [0.2, 0.25) is 0 Å². The highest BCUT2D eigenvalue weighted by Gasteiger charge is 2.16. The van der Waals surface area contributed by atoms with Gasteiger partial charge in [-0.15, -0.1) is 0 Å². The Morgan fingerprint density at radius 1 is 1.30 bits per heavy atom. The van der Waals surface area contributed by atoms with Crippen molar-refractivity contribution >= 4 is 11.8 Å². The van der Waals surface area contributed by atoms with Gasteiger partial charge in [0.15, 0.2) is 12.6 Å². The van der Waals surface area contributed by atoms with E-state index in [0.29, 0.717) is 6.54 Å². The summed E-state index contributed by atoms with van der Waals surface area (Å²) in [4.78, 5) is 22.9. The molecule has 0 spiro atoms. The van der Waals surface area contributed by atoms with Crippen LogP contribution in [0.3, 0.4) is 0 Å². The number of carbonyl (C=O) groups excluding carboxylic acids is 2. The summed E-state index contributed by atoms with van der Waals surface area (Å²) in [6, 6.07) is 7.20. The molecule has 0 aliphatic rings. The summed E-state index contributed by atoms with van der Waals surface area (Å²) < 4.78 is 5.07. The fourth-order valence-corrected chi connectivity index (χ4v) is 1.59. The van der Waals surface area contributed by atoms with Crippen molar-refractivity contribution < 1.29 is 19.6 Å². The summed E-state index contributed by atoms with van der Waals surface area (Å²) in [5.74, 6) is 0.594. The predicted octanol–water partition coefficient (Wildman–Crippen LogP) is -0.991. The first-order valence-electron chi connectivity index (χ1n) is 6.51. The second kappa shape index (κ2) is 8.16. The van der Waals surface area contributed by atoms with Crippen molar-refractivity contribution in [3.05, 3.63) is 29.8 Å². The number of likely N-dealkylation sites (N-methyl/N-ethyl adjacent to an activating group) is 1.